The fraction of sp³-hybridized carbons (Fsp3) is 0.583. The van der Waals surface area contributed by atoms with Gasteiger partial charge in [-0.05, 0) is 29.5 Å². The Hall–Kier alpha value is -1.65. The molecule has 0 bridgehead atoms. The molecule has 1 aromatic rings. The van der Waals surface area contributed by atoms with Gasteiger partial charge in [0.2, 0.25) is 0 Å². The van der Waals surface area contributed by atoms with Gasteiger partial charge in [-0.25, -0.2) is 9.42 Å². The third-order valence-electron chi connectivity index (χ3n) is 2.75. The summed E-state index contributed by atoms with van der Waals surface area (Å²) in [5.74, 6) is -0.339. The van der Waals surface area contributed by atoms with Crippen LogP contribution in [0.4, 0.5) is 0 Å². The Kier molecular flexibility index (Phi) is 3.00. The number of ether oxygens (including phenoxy) is 1. The second-order valence-corrected chi connectivity index (χ2v) is 5.00. The fourth-order valence-electron chi connectivity index (χ4n) is 2.13. The van der Waals surface area contributed by atoms with Crippen LogP contribution in [-0.4, -0.2) is 22.9 Å². The number of hydrogen-bond acceptors (Lipinski definition) is 5. The number of hydrogen-bond donors (Lipinski definition) is 0. The van der Waals surface area contributed by atoms with Crippen LogP contribution in [0.1, 0.15) is 38.6 Å². The lowest BCUT2D eigenvalue weighted by Crippen LogP contribution is -2.22. The summed E-state index contributed by atoms with van der Waals surface area (Å²) >= 11 is 0. The molecule has 0 atom stereocenters. The molecule has 92 valence electrons. The zero-order valence-electron chi connectivity index (χ0n) is 10.3. The Labute approximate surface area is 99.8 Å². The van der Waals surface area contributed by atoms with Crippen LogP contribution in [-0.2, 0) is 16.0 Å². The highest BCUT2D eigenvalue weighted by atomic mass is 16.6. The molecule has 5 nitrogen and oxygen atoms in total. The standard InChI is InChI=1S/C12H16N2O3/c1-4-16-10(15)5-8-6-12(2,3)7-9-11(8)14-17-13-9/h5H,4,6-7H2,1-3H3/b8-5+. The van der Waals surface area contributed by atoms with E-state index in [2.05, 4.69) is 24.2 Å². The molecule has 1 heterocycles. The van der Waals surface area contributed by atoms with E-state index in [1.165, 1.54) is 6.08 Å². The molecule has 0 saturated carbocycles. The van der Waals surface area contributed by atoms with E-state index in [0.717, 1.165) is 24.1 Å². The predicted octanol–water partition coefficient (Wildman–Crippen LogP) is 1.99. The molecule has 0 fully saturated rings. The molecular weight excluding hydrogens is 220 g/mol. The van der Waals surface area contributed by atoms with Gasteiger partial charge in [-0.1, -0.05) is 19.0 Å². The Morgan fingerprint density at radius 3 is 2.94 bits per heavy atom. The molecule has 0 N–H and O–H groups in total. The van der Waals surface area contributed by atoms with Crippen LogP contribution in [0.5, 0.6) is 0 Å². The van der Waals surface area contributed by atoms with Crippen LogP contribution in [0, 0.1) is 5.41 Å². The predicted molar refractivity (Wildman–Crippen MR) is 61.0 cm³/mol. The number of carbonyl (C=O) groups excluding carboxylic acids is 1. The molecule has 1 aliphatic rings. The summed E-state index contributed by atoms with van der Waals surface area (Å²) in [4.78, 5) is 11.5. The number of fused-ring (bicyclic) bond motifs is 1. The monoisotopic (exact) mass is 236 g/mol. The molecule has 0 radical (unpaired) electrons. The molecule has 17 heavy (non-hydrogen) atoms. The SMILES string of the molecule is CCOC(=O)/C=C1\CC(C)(C)Cc2nonc21. The van der Waals surface area contributed by atoms with Crippen molar-refractivity contribution in [3.63, 3.8) is 0 Å². The molecule has 2 rings (SSSR count). The van der Waals surface area contributed by atoms with Gasteiger partial charge in [0.1, 0.15) is 11.4 Å². The Morgan fingerprint density at radius 2 is 2.24 bits per heavy atom. The van der Waals surface area contributed by atoms with Gasteiger partial charge in [0.25, 0.3) is 0 Å². The number of carbonyl (C=O) groups is 1. The van der Waals surface area contributed by atoms with Gasteiger partial charge in [-0.15, -0.1) is 0 Å². The lowest BCUT2D eigenvalue weighted by atomic mass is 9.75. The molecule has 0 amide bonds. The molecule has 1 aromatic heterocycles. The molecule has 5 heteroatoms. The van der Waals surface area contributed by atoms with Crippen molar-refractivity contribution < 1.29 is 14.2 Å². The van der Waals surface area contributed by atoms with Crippen molar-refractivity contribution in [3.8, 4) is 0 Å². The summed E-state index contributed by atoms with van der Waals surface area (Å²) in [5, 5.41) is 7.73. The van der Waals surface area contributed by atoms with Gasteiger partial charge in [-0.3, -0.25) is 0 Å². The van der Waals surface area contributed by atoms with Gasteiger partial charge >= 0.3 is 5.97 Å². The second-order valence-electron chi connectivity index (χ2n) is 5.00. The van der Waals surface area contributed by atoms with Crippen molar-refractivity contribution in [2.24, 2.45) is 5.41 Å². The highest BCUT2D eigenvalue weighted by Gasteiger charge is 2.32. The fourth-order valence-corrected chi connectivity index (χ4v) is 2.13. The number of rotatable bonds is 2. The molecule has 0 unspecified atom stereocenters. The normalized spacial score (nSPS) is 20.1. The van der Waals surface area contributed by atoms with Gasteiger partial charge < -0.3 is 4.74 Å². The summed E-state index contributed by atoms with van der Waals surface area (Å²) in [6.07, 6.45) is 3.08. The number of aromatic nitrogens is 2. The largest absolute Gasteiger partial charge is 0.463 e. The summed E-state index contributed by atoms with van der Waals surface area (Å²) in [7, 11) is 0. The average Bonchev–Trinajstić information content (AvgIpc) is 2.63. The highest BCUT2D eigenvalue weighted by Crippen LogP contribution is 2.39. The maximum atomic E-state index is 11.5. The molecule has 0 aromatic carbocycles. The minimum absolute atomic E-state index is 0.0594. The first-order valence-electron chi connectivity index (χ1n) is 5.71. The summed E-state index contributed by atoms with van der Waals surface area (Å²) in [5.41, 5.74) is 2.41. The second kappa shape index (κ2) is 4.31. The third kappa shape index (κ3) is 2.54. The van der Waals surface area contributed by atoms with Crippen LogP contribution in [0.2, 0.25) is 0 Å². The molecule has 0 spiro atoms. The van der Waals surface area contributed by atoms with E-state index >= 15 is 0 Å². The zero-order chi connectivity index (χ0) is 12.5. The first-order chi connectivity index (χ1) is 8.02. The summed E-state index contributed by atoms with van der Waals surface area (Å²) in [6, 6.07) is 0. The Morgan fingerprint density at radius 1 is 1.47 bits per heavy atom. The van der Waals surface area contributed by atoms with E-state index in [9.17, 15) is 4.79 Å². The van der Waals surface area contributed by atoms with Crippen molar-refractivity contribution in [1.29, 1.82) is 0 Å². The highest BCUT2D eigenvalue weighted by molar-refractivity contribution is 5.91. The van der Waals surface area contributed by atoms with Crippen molar-refractivity contribution in [2.75, 3.05) is 6.61 Å². The third-order valence-corrected chi connectivity index (χ3v) is 2.75. The maximum absolute atomic E-state index is 11.5. The van der Waals surface area contributed by atoms with Crippen molar-refractivity contribution in [2.45, 2.75) is 33.6 Å². The van der Waals surface area contributed by atoms with E-state index in [1.54, 1.807) is 6.92 Å². The van der Waals surface area contributed by atoms with Crippen molar-refractivity contribution >= 4 is 11.5 Å². The topological polar surface area (TPSA) is 65.2 Å². The van der Waals surface area contributed by atoms with Gasteiger partial charge in [0.15, 0.2) is 0 Å². The minimum atomic E-state index is -0.339. The van der Waals surface area contributed by atoms with Crippen LogP contribution < -0.4 is 0 Å². The zero-order valence-corrected chi connectivity index (χ0v) is 10.3. The average molecular weight is 236 g/mol. The lowest BCUT2D eigenvalue weighted by Gasteiger charge is -2.28. The summed E-state index contributed by atoms with van der Waals surface area (Å²) < 4.78 is 9.65. The van der Waals surface area contributed by atoms with Gasteiger partial charge in [0.05, 0.1) is 6.61 Å². The van der Waals surface area contributed by atoms with Gasteiger partial charge in [0, 0.05) is 12.5 Å². The van der Waals surface area contributed by atoms with E-state index in [1.807, 2.05) is 0 Å². The summed E-state index contributed by atoms with van der Waals surface area (Å²) in [6.45, 7) is 6.41. The number of nitrogens with zero attached hydrogens (tertiary/aromatic N) is 2. The van der Waals surface area contributed by atoms with E-state index in [4.69, 9.17) is 9.37 Å². The Balaban J connectivity index is 2.32. The smallest absolute Gasteiger partial charge is 0.331 e. The van der Waals surface area contributed by atoms with Crippen molar-refractivity contribution in [1.82, 2.24) is 10.3 Å². The lowest BCUT2D eigenvalue weighted by molar-refractivity contribution is -0.137. The van der Waals surface area contributed by atoms with Crippen molar-refractivity contribution in [3.05, 3.63) is 17.5 Å². The van der Waals surface area contributed by atoms with E-state index in [-0.39, 0.29) is 11.4 Å². The van der Waals surface area contributed by atoms with E-state index in [0.29, 0.717) is 12.3 Å². The first-order valence-corrected chi connectivity index (χ1v) is 5.71. The molecule has 0 saturated heterocycles. The molecule has 1 aliphatic carbocycles. The Bertz CT molecular complexity index is 460. The van der Waals surface area contributed by atoms with Crippen LogP contribution in [0.3, 0.4) is 0 Å². The maximum Gasteiger partial charge on any atom is 0.331 e. The quantitative estimate of drug-likeness (QED) is 0.580. The van der Waals surface area contributed by atoms with Crippen LogP contribution in [0.25, 0.3) is 5.57 Å². The molecule has 0 aliphatic heterocycles. The van der Waals surface area contributed by atoms with Crippen LogP contribution in [0.15, 0.2) is 10.7 Å². The minimum Gasteiger partial charge on any atom is -0.463 e. The number of allylic oxidation sites excluding steroid dienone is 1. The first kappa shape index (κ1) is 11.8. The van der Waals surface area contributed by atoms with Crippen LogP contribution >= 0.6 is 0 Å². The molecular formula is C12H16N2O3. The van der Waals surface area contributed by atoms with E-state index < -0.39 is 0 Å². The van der Waals surface area contributed by atoms with Gasteiger partial charge in [-0.2, -0.15) is 0 Å². The number of esters is 1.